The van der Waals surface area contributed by atoms with Crippen molar-refractivity contribution >= 4 is 34.4 Å². The molecule has 0 aliphatic carbocycles. The van der Waals surface area contributed by atoms with Crippen LogP contribution >= 0.6 is 28.1 Å². The molecular formula is C18H15BrF2N4O2S. The molecule has 3 rings (SSSR count). The van der Waals surface area contributed by atoms with Crippen molar-refractivity contribution in [3.05, 3.63) is 68.7 Å². The van der Waals surface area contributed by atoms with E-state index in [1.54, 1.807) is 25.3 Å². The van der Waals surface area contributed by atoms with Gasteiger partial charge < -0.3 is 9.47 Å². The predicted molar refractivity (Wildman–Crippen MR) is 107 cm³/mol. The Morgan fingerprint density at radius 3 is 2.86 bits per heavy atom. The van der Waals surface area contributed by atoms with E-state index in [1.165, 1.54) is 6.21 Å². The minimum absolute atomic E-state index is 0.0155. The molecule has 0 saturated heterocycles. The number of halogens is 3. The highest BCUT2D eigenvalue weighted by molar-refractivity contribution is 9.10. The van der Waals surface area contributed by atoms with Crippen LogP contribution in [0.2, 0.25) is 0 Å². The standard InChI is InChI=1S/C18H15BrF2N4O2S/c1-26-15-6-5-11(9-22-25-17(16(20)21)23-24-18(25)28)7-12(15)10-27-14-4-2-3-13(19)8-14/h2-9,16H,10H2,1H3,(H,24,28)/b22-9-. The average Bonchev–Trinajstić information content (AvgIpc) is 3.05. The van der Waals surface area contributed by atoms with Gasteiger partial charge in [-0.3, -0.25) is 0 Å². The molecule has 0 aliphatic rings. The van der Waals surface area contributed by atoms with Gasteiger partial charge >= 0.3 is 0 Å². The zero-order valence-electron chi connectivity index (χ0n) is 14.6. The molecule has 1 heterocycles. The van der Waals surface area contributed by atoms with Crippen LogP contribution in [-0.4, -0.2) is 28.2 Å². The number of aromatic nitrogens is 3. The second kappa shape index (κ2) is 9.07. The zero-order valence-corrected chi connectivity index (χ0v) is 17.0. The van der Waals surface area contributed by atoms with Gasteiger partial charge in [0, 0.05) is 10.0 Å². The minimum Gasteiger partial charge on any atom is -0.496 e. The number of nitrogens with zero attached hydrogens (tertiary/aromatic N) is 3. The van der Waals surface area contributed by atoms with E-state index in [0.29, 0.717) is 17.1 Å². The lowest BCUT2D eigenvalue weighted by molar-refractivity contribution is 0.136. The number of H-pyrrole nitrogens is 1. The fourth-order valence-electron chi connectivity index (χ4n) is 2.39. The van der Waals surface area contributed by atoms with Crippen LogP contribution in [-0.2, 0) is 6.61 Å². The molecule has 0 unspecified atom stereocenters. The normalized spacial score (nSPS) is 11.3. The lowest BCUT2D eigenvalue weighted by Gasteiger charge is -2.11. The average molecular weight is 469 g/mol. The second-order valence-corrected chi connectivity index (χ2v) is 6.86. The van der Waals surface area contributed by atoms with Gasteiger partial charge in [-0.2, -0.15) is 14.9 Å². The Kier molecular flexibility index (Phi) is 6.53. The first-order valence-corrected chi connectivity index (χ1v) is 9.23. The summed E-state index contributed by atoms with van der Waals surface area (Å²) in [4.78, 5) is 0. The molecule has 28 heavy (non-hydrogen) atoms. The van der Waals surface area contributed by atoms with Crippen LogP contribution in [0.5, 0.6) is 11.5 Å². The van der Waals surface area contributed by atoms with Gasteiger partial charge in [0.1, 0.15) is 18.1 Å². The smallest absolute Gasteiger partial charge is 0.299 e. The van der Waals surface area contributed by atoms with Crippen LogP contribution in [0.25, 0.3) is 0 Å². The van der Waals surface area contributed by atoms with E-state index < -0.39 is 12.2 Å². The molecular weight excluding hydrogens is 454 g/mol. The van der Waals surface area contributed by atoms with E-state index >= 15 is 0 Å². The van der Waals surface area contributed by atoms with E-state index in [2.05, 4.69) is 31.2 Å². The number of hydrogen-bond acceptors (Lipinski definition) is 5. The Bertz CT molecular complexity index is 1050. The summed E-state index contributed by atoms with van der Waals surface area (Å²) in [6, 6.07) is 12.8. The minimum atomic E-state index is -2.80. The lowest BCUT2D eigenvalue weighted by atomic mass is 10.1. The van der Waals surface area contributed by atoms with Gasteiger partial charge in [-0.05, 0) is 54.2 Å². The van der Waals surface area contributed by atoms with Crippen LogP contribution in [0.3, 0.4) is 0 Å². The van der Waals surface area contributed by atoms with E-state index in [4.69, 9.17) is 21.7 Å². The van der Waals surface area contributed by atoms with E-state index in [0.717, 1.165) is 14.7 Å². The molecule has 10 heteroatoms. The van der Waals surface area contributed by atoms with Gasteiger partial charge in [0.05, 0.1) is 13.3 Å². The highest BCUT2D eigenvalue weighted by atomic mass is 79.9. The fourth-order valence-corrected chi connectivity index (χ4v) is 2.96. The van der Waals surface area contributed by atoms with Crippen molar-refractivity contribution in [1.82, 2.24) is 14.9 Å². The maximum Gasteiger partial charge on any atom is 0.299 e. The van der Waals surface area contributed by atoms with Crippen molar-refractivity contribution in [3.8, 4) is 11.5 Å². The molecule has 6 nitrogen and oxygen atoms in total. The monoisotopic (exact) mass is 468 g/mol. The van der Waals surface area contributed by atoms with Crippen LogP contribution in [0.1, 0.15) is 23.4 Å². The van der Waals surface area contributed by atoms with Crippen LogP contribution in [0, 0.1) is 4.77 Å². The van der Waals surface area contributed by atoms with Gasteiger partial charge in [-0.1, -0.05) is 22.0 Å². The second-order valence-electron chi connectivity index (χ2n) is 5.56. The van der Waals surface area contributed by atoms with E-state index in [9.17, 15) is 8.78 Å². The molecule has 1 N–H and O–H groups in total. The van der Waals surface area contributed by atoms with Crippen molar-refractivity contribution in [2.75, 3.05) is 7.11 Å². The van der Waals surface area contributed by atoms with E-state index in [-0.39, 0.29) is 11.4 Å². The summed E-state index contributed by atoms with van der Waals surface area (Å²) in [6.45, 7) is 0.259. The quantitative estimate of drug-likeness (QED) is 0.386. The maximum absolute atomic E-state index is 13.0. The van der Waals surface area contributed by atoms with Crippen molar-refractivity contribution < 1.29 is 18.3 Å². The van der Waals surface area contributed by atoms with Gasteiger partial charge in [-0.15, -0.1) is 0 Å². The first kappa shape index (κ1) is 20.2. The third kappa shape index (κ3) is 4.82. The Labute approximate surface area is 172 Å². The third-order valence-electron chi connectivity index (χ3n) is 3.69. The van der Waals surface area contributed by atoms with Gasteiger partial charge in [0.25, 0.3) is 6.43 Å². The molecule has 0 saturated carbocycles. The first-order chi connectivity index (χ1) is 13.5. The number of alkyl halides is 2. The summed E-state index contributed by atoms with van der Waals surface area (Å²) in [7, 11) is 1.56. The Morgan fingerprint density at radius 1 is 1.32 bits per heavy atom. The summed E-state index contributed by atoms with van der Waals surface area (Å²) in [6.07, 6.45) is -1.38. The molecule has 0 fully saturated rings. The summed E-state index contributed by atoms with van der Waals surface area (Å²) >= 11 is 8.33. The van der Waals surface area contributed by atoms with Crippen molar-refractivity contribution in [2.45, 2.75) is 13.0 Å². The molecule has 2 aromatic carbocycles. The first-order valence-electron chi connectivity index (χ1n) is 8.03. The summed E-state index contributed by atoms with van der Waals surface area (Å²) < 4.78 is 38.9. The number of rotatable bonds is 7. The van der Waals surface area contributed by atoms with Crippen LogP contribution in [0.4, 0.5) is 8.78 Å². The number of methoxy groups -OCH3 is 1. The van der Waals surface area contributed by atoms with Crippen LogP contribution < -0.4 is 9.47 Å². The van der Waals surface area contributed by atoms with Crippen LogP contribution in [0.15, 0.2) is 52.0 Å². The van der Waals surface area contributed by atoms with E-state index in [1.807, 2.05) is 24.3 Å². The molecule has 0 spiro atoms. The van der Waals surface area contributed by atoms with Gasteiger partial charge in [0.15, 0.2) is 0 Å². The van der Waals surface area contributed by atoms with Gasteiger partial charge in [-0.25, -0.2) is 13.9 Å². The zero-order chi connectivity index (χ0) is 20.1. The third-order valence-corrected chi connectivity index (χ3v) is 4.45. The largest absolute Gasteiger partial charge is 0.496 e. The topological polar surface area (TPSA) is 64.4 Å². The number of aromatic amines is 1. The van der Waals surface area contributed by atoms with Crippen molar-refractivity contribution in [1.29, 1.82) is 0 Å². The lowest BCUT2D eigenvalue weighted by Crippen LogP contribution is -2.01. The Balaban J connectivity index is 1.83. The SMILES string of the molecule is COc1ccc(/C=N\n2c(C(F)F)n[nH]c2=S)cc1COc1cccc(Br)c1. The number of ether oxygens (including phenoxy) is 2. The molecule has 0 radical (unpaired) electrons. The van der Waals surface area contributed by atoms with Crippen molar-refractivity contribution in [2.24, 2.45) is 5.10 Å². The molecule has 0 atom stereocenters. The molecule has 0 aliphatic heterocycles. The summed E-state index contributed by atoms with van der Waals surface area (Å²) in [5, 5.41) is 9.80. The number of hydrogen-bond donors (Lipinski definition) is 1. The molecule has 0 bridgehead atoms. The summed E-state index contributed by atoms with van der Waals surface area (Å²) in [5.41, 5.74) is 1.44. The Morgan fingerprint density at radius 2 is 2.14 bits per heavy atom. The number of nitrogens with one attached hydrogen (secondary N) is 1. The fraction of sp³-hybridized carbons (Fsp3) is 0.167. The molecule has 1 aromatic heterocycles. The molecule has 3 aromatic rings. The van der Waals surface area contributed by atoms with Crippen molar-refractivity contribution in [3.63, 3.8) is 0 Å². The summed E-state index contributed by atoms with van der Waals surface area (Å²) in [5.74, 6) is 0.787. The highest BCUT2D eigenvalue weighted by Gasteiger charge is 2.16. The number of benzene rings is 2. The molecule has 0 amide bonds. The maximum atomic E-state index is 13.0. The predicted octanol–water partition coefficient (Wildman–Crippen LogP) is 5.11. The Hall–Kier alpha value is -2.59. The molecule has 146 valence electrons. The van der Waals surface area contributed by atoms with Gasteiger partial charge in [0.2, 0.25) is 10.6 Å². The highest BCUT2D eigenvalue weighted by Crippen LogP contribution is 2.24.